The van der Waals surface area contributed by atoms with Crippen LogP contribution in [0.3, 0.4) is 0 Å². The zero-order valence-corrected chi connectivity index (χ0v) is 15.2. The molecule has 1 amide bonds. The Kier molecular flexibility index (Phi) is 6.67. The van der Waals surface area contributed by atoms with E-state index in [1.807, 2.05) is 24.3 Å². The minimum Gasteiger partial charge on any atom is -0.378 e. The molecule has 1 aliphatic rings. The summed E-state index contributed by atoms with van der Waals surface area (Å²) in [5.74, 6) is -0.748. The Morgan fingerprint density at radius 2 is 1.68 bits per heavy atom. The van der Waals surface area contributed by atoms with Gasteiger partial charge in [-0.25, -0.2) is 10.5 Å². The summed E-state index contributed by atoms with van der Waals surface area (Å²) < 4.78 is 5.39. The van der Waals surface area contributed by atoms with E-state index in [1.54, 1.807) is 24.3 Å². The Hall–Kier alpha value is -3.29. The van der Waals surface area contributed by atoms with Gasteiger partial charge in [-0.2, -0.15) is 0 Å². The second-order valence-electron chi connectivity index (χ2n) is 6.11. The lowest BCUT2D eigenvalue weighted by molar-refractivity contribution is -0.124. The van der Waals surface area contributed by atoms with Gasteiger partial charge in [-0.3, -0.25) is 14.8 Å². The van der Waals surface area contributed by atoms with Crippen molar-refractivity contribution in [1.82, 2.24) is 10.5 Å². The fourth-order valence-corrected chi connectivity index (χ4v) is 2.87. The van der Waals surface area contributed by atoms with Crippen LogP contribution in [0.2, 0.25) is 0 Å². The Labute approximate surface area is 162 Å². The van der Waals surface area contributed by atoms with E-state index < -0.39 is 5.91 Å². The first-order valence-electron chi connectivity index (χ1n) is 8.91. The summed E-state index contributed by atoms with van der Waals surface area (Å²) in [6, 6.07) is 12.8. The van der Waals surface area contributed by atoms with Crippen molar-refractivity contribution >= 4 is 29.5 Å². The number of amides is 1. The maximum absolute atomic E-state index is 12.8. The monoisotopic (exact) mass is 379 g/mol. The largest absolute Gasteiger partial charge is 0.378 e. The second kappa shape index (κ2) is 9.59. The highest BCUT2D eigenvalue weighted by Gasteiger charge is 2.17. The first-order chi connectivity index (χ1) is 13.7. The fraction of sp³-hybridized carbons (Fsp3) is 0.190. The van der Waals surface area contributed by atoms with Crippen LogP contribution >= 0.6 is 0 Å². The van der Waals surface area contributed by atoms with Crippen molar-refractivity contribution in [2.45, 2.75) is 0 Å². The molecule has 0 aliphatic carbocycles. The third kappa shape index (κ3) is 5.12. The van der Waals surface area contributed by atoms with Gasteiger partial charge in [0.05, 0.1) is 24.6 Å². The topological polar surface area (TPSA) is 91.8 Å². The number of pyridine rings is 1. The number of nitrogens with one attached hydrogen (secondary N) is 1. The van der Waals surface area contributed by atoms with E-state index in [1.165, 1.54) is 23.7 Å². The SMILES string of the molecule is O=C(C=Cc1cccc(C=CC(=O)c2ccccc2N2CCOCC2)n1)NO. The van der Waals surface area contributed by atoms with Gasteiger partial charge in [0.25, 0.3) is 5.91 Å². The summed E-state index contributed by atoms with van der Waals surface area (Å²) >= 11 is 0. The van der Waals surface area contributed by atoms with Crippen LogP contribution in [0.25, 0.3) is 12.2 Å². The van der Waals surface area contributed by atoms with Crippen LogP contribution in [0.15, 0.2) is 54.6 Å². The number of anilines is 1. The van der Waals surface area contributed by atoms with Gasteiger partial charge in [0.1, 0.15) is 0 Å². The number of hydrogen-bond acceptors (Lipinski definition) is 6. The zero-order valence-electron chi connectivity index (χ0n) is 15.2. The Balaban J connectivity index is 1.76. The number of hydrogen-bond donors (Lipinski definition) is 2. The number of benzene rings is 1. The third-order valence-corrected chi connectivity index (χ3v) is 4.23. The van der Waals surface area contributed by atoms with E-state index in [0.29, 0.717) is 30.2 Å². The molecular weight excluding hydrogens is 358 g/mol. The van der Waals surface area contributed by atoms with Gasteiger partial charge in [-0.1, -0.05) is 18.2 Å². The first kappa shape index (κ1) is 19.5. The lowest BCUT2D eigenvalue weighted by Gasteiger charge is -2.30. The summed E-state index contributed by atoms with van der Waals surface area (Å²) in [6.45, 7) is 2.81. The standard InChI is InChI=1S/C21H21N3O4/c25-20(18-6-1-2-7-19(18)24-12-14-28-15-13-24)10-8-16-4-3-5-17(22-16)9-11-21(26)23-27/h1-11,27H,12-15H2,(H,23,26). The molecule has 0 saturated carbocycles. The predicted octanol–water partition coefficient (Wildman–Crippen LogP) is 2.33. The number of hydroxylamine groups is 1. The Morgan fingerprint density at radius 3 is 2.39 bits per heavy atom. The summed E-state index contributed by atoms with van der Waals surface area (Å²) in [6.07, 6.45) is 5.77. The zero-order chi connectivity index (χ0) is 19.8. The summed E-state index contributed by atoms with van der Waals surface area (Å²) in [7, 11) is 0. The quantitative estimate of drug-likeness (QED) is 0.346. The lowest BCUT2D eigenvalue weighted by Crippen LogP contribution is -2.37. The molecule has 7 nitrogen and oxygen atoms in total. The van der Waals surface area contributed by atoms with Crippen LogP contribution in [0, 0.1) is 0 Å². The number of morpholine rings is 1. The van der Waals surface area contributed by atoms with E-state index in [0.717, 1.165) is 18.8 Å². The molecule has 7 heteroatoms. The number of nitrogens with zero attached hydrogens (tertiary/aromatic N) is 2. The second-order valence-corrected chi connectivity index (χ2v) is 6.11. The summed E-state index contributed by atoms with van der Waals surface area (Å²) in [5.41, 5.74) is 4.18. The van der Waals surface area contributed by atoms with Crippen molar-refractivity contribution in [2.24, 2.45) is 0 Å². The number of para-hydroxylation sites is 1. The van der Waals surface area contributed by atoms with Crippen LogP contribution in [0.4, 0.5) is 5.69 Å². The highest BCUT2D eigenvalue weighted by atomic mass is 16.5. The molecule has 0 atom stereocenters. The average molecular weight is 379 g/mol. The van der Waals surface area contributed by atoms with Gasteiger partial charge < -0.3 is 9.64 Å². The van der Waals surface area contributed by atoms with E-state index in [-0.39, 0.29) is 5.78 Å². The number of carbonyl (C=O) groups is 2. The average Bonchev–Trinajstić information content (AvgIpc) is 2.76. The predicted molar refractivity (Wildman–Crippen MR) is 106 cm³/mol. The number of ketones is 1. The molecule has 0 unspecified atom stereocenters. The minimum absolute atomic E-state index is 0.107. The maximum Gasteiger partial charge on any atom is 0.267 e. The van der Waals surface area contributed by atoms with Crippen molar-refractivity contribution in [3.8, 4) is 0 Å². The molecule has 3 rings (SSSR count). The van der Waals surface area contributed by atoms with Crippen molar-refractivity contribution in [3.05, 3.63) is 71.6 Å². The number of ether oxygens (including phenoxy) is 1. The molecule has 1 fully saturated rings. The molecule has 1 aromatic heterocycles. The Morgan fingerprint density at radius 1 is 1.00 bits per heavy atom. The fourth-order valence-electron chi connectivity index (χ4n) is 2.87. The number of aromatic nitrogens is 1. The molecule has 144 valence electrons. The molecule has 1 saturated heterocycles. The van der Waals surface area contributed by atoms with Gasteiger partial charge in [0.2, 0.25) is 0 Å². The first-order valence-corrected chi connectivity index (χ1v) is 8.91. The summed E-state index contributed by atoms with van der Waals surface area (Å²) in [4.78, 5) is 30.3. The molecule has 0 bridgehead atoms. The highest BCUT2D eigenvalue weighted by Crippen LogP contribution is 2.22. The molecule has 2 aromatic rings. The van der Waals surface area contributed by atoms with Crippen LogP contribution < -0.4 is 10.4 Å². The molecule has 1 aromatic carbocycles. The minimum atomic E-state index is -0.641. The van der Waals surface area contributed by atoms with Gasteiger partial charge in [-0.05, 0) is 42.5 Å². The van der Waals surface area contributed by atoms with Gasteiger partial charge in [0.15, 0.2) is 5.78 Å². The van der Waals surface area contributed by atoms with E-state index in [2.05, 4.69) is 9.88 Å². The molecule has 2 N–H and O–H groups in total. The van der Waals surface area contributed by atoms with Crippen molar-refractivity contribution in [3.63, 3.8) is 0 Å². The van der Waals surface area contributed by atoms with Crippen LogP contribution in [0.1, 0.15) is 21.7 Å². The Bertz CT molecular complexity index is 902. The van der Waals surface area contributed by atoms with Gasteiger partial charge >= 0.3 is 0 Å². The highest BCUT2D eigenvalue weighted by molar-refractivity contribution is 6.10. The molecule has 28 heavy (non-hydrogen) atoms. The van der Waals surface area contributed by atoms with Crippen LogP contribution in [-0.2, 0) is 9.53 Å². The summed E-state index contributed by atoms with van der Waals surface area (Å²) in [5, 5.41) is 8.51. The maximum atomic E-state index is 12.8. The van der Waals surface area contributed by atoms with Gasteiger partial charge in [0, 0.05) is 30.4 Å². The molecule has 2 heterocycles. The van der Waals surface area contributed by atoms with Crippen molar-refractivity contribution in [2.75, 3.05) is 31.2 Å². The smallest absolute Gasteiger partial charge is 0.267 e. The van der Waals surface area contributed by atoms with Crippen LogP contribution in [-0.4, -0.2) is 48.2 Å². The normalized spacial score (nSPS) is 14.5. The lowest BCUT2D eigenvalue weighted by atomic mass is 10.1. The number of carbonyl (C=O) groups excluding carboxylic acids is 2. The molecular formula is C21H21N3O4. The van der Waals surface area contributed by atoms with Crippen molar-refractivity contribution in [1.29, 1.82) is 0 Å². The molecule has 0 radical (unpaired) electrons. The third-order valence-electron chi connectivity index (χ3n) is 4.23. The van der Waals surface area contributed by atoms with Gasteiger partial charge in [-0.15, -0.1) is 0 Å². The molecule has 0 spiro atoms. The van der Waals surface area contributed by atoms with Crippen molar-refractivity contribution < 1.29 is 19.5 Å². The number of rotatable bonds is 6. The van der Waals surface area contributed by atoms with Crippen LogP contribution in [0.5, 0.6) is 0 Å². The number of allylic oxidation sites excluding steroid dienone is 1. The van der Waals surface area contributed by atoms with E-state index >= 15 is 0 Å². The van der Waals surface area contributed by atoms with E-state index in [9.17, 15) is 9.59 Å². The molecule has 1 aliphatic heterocycles. The van der Waals surface area contributed by atoms with E-state index in [4.69, 9.17) is 9.94 Å².